The average molecular weight is 320 g/mol. The highest BCUT2D eigenvalue weighted by molar-refractivity contribution is 7.17. The molecule has 0 amide bonds. The molecule has 0 atom stereocenters. The van der Waals surface area contributed by atoms with Gasteiger partial charge in [0.1, 0.15) is 5.69 Å². The number of rotatable bonds is 4. The van der Waals surface area contributed by atoms with Crippen molar-refractivity contribution in [1.82, 2.24) is 4.57 Å². The van der Waals surface area contributed by atoms with E-state index in [0.717, 1.165) is 15.8 Å². The van der Waals surface area contributed by atoms with Gasteiger partial charge in [-0.1, -0.05) is 23.7 Å². The van der Waals surface area contributed by atoms with Crippen molar-refractivity contribution in [2.45, 2.75) is 13.5 Å². The molecule has 0 spiro atoms. The Labute approximate surface area is 131 Å². The zero-order valence-electron chi connectivity index (χ0n) is 11.5. The van der Waals surface area contributed by atoms with Crippen LogP contribution in [0.5, 0.6) is 0 Å². The van der Waals surface area contributed by atoms with Crippen LogP contribution in [0.15, 0.2) is 41.8 Å². The Morgan fingerprint density at radius 3 is 2.76 bits per heavy atom. The van der Waals surface area contributed by atoms with E-state index in [2.05, 4.69) is 0 Å². The topological polar surface area (TPSA) is 31.2 Å². The molecule has 0 aliphatic rings. The van der Waals surface area contributed by atoms with Crippen LogP contribution in [-0.2, 0) is 11.3 Å². The monoisotopic (exact) mass is 319 g/mol. The smallest absolute Gasteiger partial charge is 0.355 e. The first-order chi connectivity index (χ1) is 10.2. The number of nitrogens with zero attached hydrogens (tertiary/aromatic N) is 1. The van der Waals surface area contributed by atoms with Gasteiger partial charge in [0, 0.05) is 11.6 Å². The van der Waals surface area contributed by atoms with E-state index in [0.29, 0.717) is 23.9 Å². The molecule has 0 aliphatic carbocycles. The molecule has 108 valence electrons. The molecule has 0 aliphatic heterocycles. The Hall–Kier alpha value is -1.78. The van der Waals surface area contributed by atoms with Gasteiger partial charge in [-0.15, -0.1) is 11.3 Å². The second-order valence-corrected chi connectivity index (χ2v) is 6.02. The van der Waals surface area contributed by atoms with Crippen LogP contribution in [0.25, 0.3) is 10.2 Å². The van der Waals surface area contributed by atoms with E-state index in [1.807, 2.05) is 53.3 Å². The van der Waals surface area contributed by atoms with Crippen molar-refractivity contribution in [1.29, 1.82) is 0 Å². The molecule has 0 unspecified atom stereocenters. The number of hydrogen-bond acceptors (Lipinski definition) is 3. The van der Waals surface area contributed by atoms with E-state index in [-0.39, 0.29) is 5.97 Å². The van der Waals surface area contributed by atoms with Crippen LogP contribution in [0.4, 0.5) is 0 Å². The number of hydrogen-bond donors (Lipinski definition) is 0. The molecule has 3 rings (SSSR count). The maximum absolute atomic E-state index is 12.1. The van der Waals surface area contributed by atoms with E-state index >= 15 is 0 Å². The molecule has 5 heteroatoms. The lowest BCUT2D eigenvalue weighted by Crippen LogP contribution is -2.12. The summed E-state index contributed by atoms with van der Waals surface area (Å²) in [5.74, 6) is -0.283. The molecule has 2 aromatic heterocycles. The van der Waals surface area contributed by atoms with Gasteiger partial charge >= 0.3 is 5.97 Å². The van der Waals surface area contributed by atoms with Crippen LogP contribution < -0.4 is 0 Å². The van der Waals surface area contributed by atoms with Gasteiger partial charge in [-0.25, -0.2) is 4.79 Å². The number of fused-ring (bicyclic) bond motifs is 1. The van der Waals surface area contributed by atoms with Crippen molar-refractivity contribution in [2.24, 2.45) is 0 Å². The highest BCUT2D eigenvalue weighted by Gasteiger charge is 2.17. The lowest BCUT2D eigenvalue weighted by molar-refractivity contribution is 0.0515. The Bertz CT molecular complexity index is 773. The molecular formula is C16H14ClNO2S. The Morgan fingerprint density at radius 2 is 2.05 bits per heavy atom. The largest absolute Gasteiger partial charge is 0.461 e. The second kappa shape index (κ2) is 5.92. The summed E-state index contributed by atoms with van der Waals surface area (Å²) in [7, 11) is 0. The third-order valence-corrected chi connectivity index (χ3v) is 4.37. The summed E-state index contributed by atoms with van der Waals surface area (Å²) in [5, 5.41) is 2.73. The summed E-state index contributed by atoms with van der Waals surface area (Å²) >= 11 is 7.54. The highest BCUT2D eigenvalue weighted by Crippen LogP contribution is 2.27. The van der Waals surface area contributed by atoms with Gasteiger partial charge < -0.3 is 9.30 Å². The third kappa shape index (κ3) is 2.82. The molecule has 0 bridgehead atoms. The van der Waals surface area contributed by atoms with Gasteiger partial charge in [-0.05, 0) is 42.1 Å². The van der Waals surface area contributed by atoms with Crippen molar-refractivity contribution >= 4 is 39.1 Å². The number of carbonyl (C=O) groups excluding carboxylic acids is 1. The number of thiophene rings is 1. The van der Waals surface area contributed by atoms with Gasteiger partial charge in [0.25, 0.3) is 0 Å². The summed E-state index contributed by atoms with van der Waals surface area (Å²) in [6.45, 7) is 2.80. The summed E-state index contributed by atoms with van der Waals surface area (Å²) < 4.78 is 8.23. The first kappa shape index (κ1) is 14.2. The SMILES string of the molecule is CCOC(=O)c1cc2sccc2n1Cc1ccc(Cl)cc1. The third-order valence-electron chi connectivity index (χ3n) is 3.26. The summed E-state index contributed by atoms with van der Waals surface area (Å²) in [4.78, 5) is 12.1. The van der Waals surface area contributed by atoms with E-state index < -0.39 is 0 Å². The molecule has 3 aromatic rings. The molecule has 3 nitrogen and oxygen atoms in total. The van der Waals surface area contributed by atoms with Crippen molar-refractivity contribution in [3.63, 3.8) is 0 Å². The number of ether oxygens (including phenoxy) is 1. The van der Waals surface area contributed by atoms with Gasteiger partial charge in [-0.3, -0.25) is 0 Å². The molecule has 0 N–H and O–H groups in total. The van der Waals surface area contributed by atoms with Gasteiger partial charge in [0.05, 0.1) is 16.8 Å². The van der Waals surface area contributed by atoms with E-state index in [1.54, 1.807) is 11.3 Å². The molecular weight excluding hydrogens is 306 g/mol. The fourth-order valence-corrected chi connectivity index (χ4v) is 3.24. The lowest BCUT2D eigenvalue weighted by atomic mass is 10.2. The number of carbonyl (C=O) groups is 1. The Kier molecular flexibility index (Phi) is 3.99. The number of halogens is 1. The second-order valence-electron chi connectivity index (χ2n) is 4.63. The molecule has 0 saturated carbocycles. The number of aromatic nitrogens is 1. The predicted octanol–water partition coefficient (Wildman–Crippen LogP) is 4.58. The molecule has 21 heavy (non-hydrogen) atoms. The minimum Gasteiger partial charge on any atom is -0.461 e. The van der Waals surface area contributed by atoms with E-state index in [1.165, 1.54) is 0 Å². The van der Waals surface area contributed by atoms with Gasteiger partial charge in [0.2, 0.25) is 0 Å². The summed E-state index contributed by atoms with van der Waals surface area (Å²) in [6, 6.07) is 11.6. The van der Waals surface area contributed by atoms with Crippen LogP contribution in [0.1, 0.15) is 23.0 Å². The van der Waals surface area contributed by atoms with Crippen LogP contribution in [0.2, 0.25) is 5.02 Å². The van der Waals surface area contributed by atoms with Crippen LogP contribution in [-0.4, -0.2) is 17.1 Å². The minimum absolute atomic E-state index is 0.283. The van der Waals surface area contributed by atoms with Crippen molar-refractivity contribution in [3.05, 3.63) is 58.1 Å². The van der Waals surface area contributed by atoms with Crippen molar-refractivity contribution < 1.29 is 9.53 Å². The Balaban J connectivity index is 2.02. The first-order valence-electron chi connectivity index (χ1n) is 6.67. The Morgan fingerprint density at radius 1 is 1.29 bits per heavy atom. The molecule has 0 saturated heterocycles. The molecule has 0 radical (unpaired) electrons. The normalized spacial score (nSPS) is 11.0. The highest BCUT2D eigenvalue weighted by atomic mass is 35.5. The molecule has 1 aromatic carbocycles. The van der Waals surface area contributed by atoms with Crippen LogP contribution >= 0.6 is 22.9 Å². The molecule has 0 fully saturated rings. The number of benzene rings is 1. The fraction of sp³-hybridized carbons (Fsp3) is 0.188. The van der Waals surface area contributed by atoms with Gasteiger partial charge in [0.15, 0.2) is 0 Å². The zero-order valence-corrected chi connectivity index (χ0v) is 13.1. The maximum atomic E-state index is 12.1. The van der Waals surface area contributed by atoms with Crippen LogP contribution in [0, 0.1) is 0 Å². The average Bonchev–Trinajstić information content (AvgIpc) is 3.04. The first-order valence-corrected chi connectivity index (χ1v) is 7.93. The van der Waals surface area contributed by atoms with Crippen molar-refractivity contribution in [3.8, 4) is 0 Å². The number of esters is 1. The standard InChI is InChI=1S/C16H14ClNO2S/c1-2-20-16(19)14-9-15-13(7-8-21-15)18(14)10-11-3-5-12(17)6-4-11/h3-9H,2,10H2,1H3. The van der Waals surface area contributed by atoms with E-state index in [9.17, 15) is 4.79 Å². The van der Waals surface area contributed by atoms with Gasteiger partial charge in [-0.2, -0.15) is 0 Å². The maximum Gasteiger partial charge on any atom is 0.355 e. The fourth-order valence-electron chi connectivity index (χ4n) is 2.29. The minimum atomic E-state index is -0.283. The zero-order chi connectivity index (χ0) is 14.8. The quantitative estimate of drug-likeness (QED) is 0.659. The van der Waals surface area contributed by atoms with Crippen molar-refractivity contribution in [2.75, 3.05) is 6.61 Å². The summed E-state index contributed by atoms with van der Waals surface area (Å²) in [6.07, 6.45) is 0. The van der Waals surface area contributed by atoms with E-state index in [4.69, 9.17) is 16.3 Å². The summed E-state index contributed by atoms with van der Waals surface area (Å²) in [5.41, 5.74) is 2.74. The predicted molar refractivity (Wildman–Crippen MR) is 86.3 cm³/mol. The van der Waals surface area contributed by atoms with Crippen LogP contribution in [0.3, 0.4) is 0 Å². The molecule has 2 heterocycles. The lowest BCUT2D eigenvalue weighted by Gasteiger charge is -2.10.